The van der Waals surface area contributed by atoms with Crippen molar-refractivity contribution in [3.63, 3.8) is 0 Å². The maximum Gasteiger partial charge on any atom is 0.241 e. The fourth-order valence-corrected chi connectivity index (χ4v) is 2.70. The van der Waals surface area contributed by atoms with Gasteiger partial charge in [-0.2, -0.15) is 0 Å². The number of hydrogen-bond acceptors (Lipinski definition) is 3. The molecule has 0 aliphatic heterocycles. The highest BCUT2D eigenvalue weighted by atomic mass is 16.2. The number of rotatable bonds is 6. The molecular weight excluding hydrogens is 310 g/mol. The standard InChI is InChI=1S/C21H21N3O/c1-22-20(15-16-5-3-2-4-6-16)21(25)24-19-9-7-17(8-10-19)18-11-13-23-14-12-18/h2-14,20,22H,15H2,1H3,(H,24,25)/t20-/m1/s1. The van der Waals surface area contributed by atoms with Crippen LogP contribution >= 0.6 is 0 Å². The number of nitrogens with zero attached hydrogens (tertiary/aromatic N) is 1. The van der Waals surface area contributed by atoms with Crippen LogP contribution in [0.2, 0.25) is 0 Å². The summed E-state index contributed by atoms with van der Waals surface area (Å²) in [7, 11) is 1.81. The van der Waals surface area contributed by atoms with Crippen LogP contribution in [0.5, 0.6) is 0 Å². The Morgan fingerprint density at radius 1 is 0.920 bits per heavy atom. The van der Waals surface area contributed by atoms with Crippen molar-refractivity contribution in [1.82, 2.24) is 10.3 Å². The molecule has 0 aliphatic carbocycles. The van der Waals surface area contributed by atoms with E-state index in [1.165, 1.54) is 0 Å². The predicted molar refractivity (Wildman–Crippen MR) is 101 cm³/mol. The molecule has 126 valence electrons. The molecule has 0 unspecified atom stereocenters. The molecule has 25 heavy (non-hydrogen) atoms. The first kappa shape index (κ1) is 16.9. The number of anilines is 1. The average molecular weight is 331 g/mol. The van der Waals surface area contributed by atoms with E-state index >= 15 is 0 Å². The van der Waals surface area contributed by atoms with Crippen molar-refractivity contribution in [3.05, 3.63) is 84.7 Å². The Morgan fingerprint density at radius 3 is 2.20 bits per heavy atom. The topological polar surface area (TPSA) is 54.0 Å². The van der Waals surface area contributed by atoms with Crippen LogP contribution in [0.4, 0.5) is 5.69 Å². The summed E-state index contributed by atoms with van der Waals surface area (Å²) in [6.45, 7) is 0. The fraction of sp³-hybridized carbons (Fsp3) is 0.143. The van der Waals surface area contributed by atoms with Gasteiger partial charge in [-0.05, 0) is 54.4 Å². The number of pyridine rings is 1. The zero-order valence-electron chi connectivity index (χ0n) is 14.1. The van der Waals surface area contributed by atoms with E-state index in [2.05, 4.69) is 15.6 Å². The van der Waals surface area contributed by atoms with Crippen LogP contribution in [0.25, 0.3) is 11.1 Å². The molecule has 0 fully saturated rings. The maximum absolute atomic E-state index is 12.5. The van der Waals surface area contributed by atoms with Gasteiger partial charge >= 0.3 is 0 Å². The van der Waals surface area contributed by atoms with Crippen molar-refractivity contribution in [3.8, 4) is 11.1 Å². The lowest BCUT2D eigenvalue weighted by atomic mass is 10.0. The smallest absolute Gasteiger partial charge is 0.241 e. The molecule has 0 spiro atoms. The highest BCUT2D eigenvalue weighted by molar-refractivity contribution is 5.95. The van der Waals surface area contributed by atoms with Crippen molar-refractivity contribution in [2.24, 2.45) is 0 Å². The largest absolute Gasteiger partial charge is 0.325 e. The summed E-state index contributed by atoms with van der Waals surface area (Å²) in [6, 6.07) is 21.5. The molecular formula is C21H21N3O. The van der Waals surface area contributed by atoms with Gasteiger partial charge in [-0.15, -0.1) is 0 Å². The number of nitrogens with one attached hydrogen (secondary N) is 2. The number of carbonyl (C=O) groups excluding carboxylic acids is 1. The van der Waals surface area contributed by atoms with E-state index < -0.39 is 0 Å². The quantitative estimate of drug-likeness (QED) is 0.727. The number of hydrogen-bond donors (Lipinski definition) is 2. The number of amides is 1. The van der Waals surface area contributed by atoms with E-state index in [0.29, 0.717) is 6.42 Å². The third-order valence-corrected chi connectivity index (χ3v) is 4.11. The maximum atomic E-state index is 12.5. The first-order valence-corrected chi connectivity index (χ1v) is 8.29. The minimum atomic E-state index is -0.276. The van der Waals surface area contributed by atoms with Crippen molar-refractivity contribution in [1.29, 1.82) is 0 Å². The molecule has 2 N–H and O–H groups in total. The number of aromatic nitrogens is 1. The molecule has 3 rings (SSSR count). The lowest BCUT2D eigenvalue weighted by Gasteiger charge is -2.16. The van der Waals surface area contributed by atoms with E-state index in [0.717, 1.165) is 22.4 Å². The van der Waals surface area contributed by atoms with E-state index in [9.17, 15) is 4.79 Å². The van der Waals surface area contributed by atoms with Crippen LogP contribution in [0.3, 0.4) is 0 Å². The summed E-state index contributed by atoms with van der Waals surface area (Å²) < 4.78 is 0. The summed E-state index contributed by atoms with van der Waals surface area (Å²) in [4.78, 5) is 16.5. The second-order valence-corrected chi connectivity index (χ2v) is 5.83. The van der Waals surface area contributed by atoms with E-state index in [1.54, 1.807) is 19.4 Å². The van der Waals surface area contributed by atoms with E-state index in [-0.39, 0.29) is 11.9 Å². The summed E-state index contributed by atoms with van der Waals surface area (Å²) in [5, 5.41) is 6.07. The van der Waals surface area contributed by atoms with Crippen LogP contribution in [0.1, 0.15) is 5.56 Å². The molecule has 1 aromatic heterocycles. The second kappa shape index (κ2) is 8.22. The first-order chi connectivity index (χ1) is 12.3. The number of benzene rings is 2. The van der Waals surface area contributed by atoms with Gasteiger partial charge in [0.2, 0.25) is 5.91 Å². The molecule has 1 heterocycles. The molecule has 1 amide bonds. The highest BCUT2D eigenvalue weighted by Gasteiger charge is 2.16. The molecule has 4 heteroatoms. The first-order valence-electron chi connectivity index (χ1n) is 8.29. The third kappa shape index (κ3) is 4.52. The Labute approximate surface area is 147 Å². The molecule has 4 nitrogen and oxygen atoms in total. The molecule has 0 aliphatic rings. The van der Waals surface area contributed by atoms with Crippen LogP contribution in [0, 0.1) is 0 Å². The number of carbonyl (C=O) groups is 1. The lowest BCUT2D eigenvalue weighted by Crippen LogP contribution is -2.40. The zero-order valence-corrected chi connectivity index (χ0v) is 14.1. The van der Waals surface area contributed by atoms with Gasteiger partial charge in [0.25, 0.3) is 0 Å². The minimum absolute atomic E-state index is 0.0389. The van der Waals surface area contributed by atoms with E-state index in [1.807, 2.05) is 66.7 Å². The zero-order chi connectivity index (χ0) is 17.5. The van der Waals surface area contributed by atoms with Crippen molar-refractivity contribution in [2.45, 2.75) is 12.5 Å². The Hall–Kier alpha value is -2.98. The second-order valence-electron chi connectivity index (χ2n) is 5.83. The van der Waals surface area contributed by atoms with Crippen LogP contribution in [-0.2, 0) is 11.2 Å². The average Bonchev–Trinajstić information content (AvgIpc) is 2.68. The van der Waals surface area contributed by atoms with Crippen LogP contribution < -0.4 is 10.6 Å². The Bertz CT molecular complexity index is 802. The molecule has 0 radical (unpaired) electrons. The van der Waals surface area contributed by atoms with Gasteiger partial charge in [0, 0.05) is 18.1 Å². The Balaban J connectivity index is 1.65. The van der Waals surface area contributed by atoms with Gasteiger partial charge in [0.05, 0.1) is 6.04 Å². The summed E-state index contributed by atoms with van der Waals surface area (Å²) in [6.07, 6.45) is 4.19. The van der Waals surface area contributed by atoms with Crippen molar-refractivity contribution in [2.75, 3.05) is 12.4 Å². The molecule has 0 bridgehead atoms. The fourth-order valence-electron chi connectivity index (χ4n) is 2.70. The Morgan fingerprint density at radius 2 is 1.56 bits per heavy atom. The predicted octanol–water partition coefficient (Wildman–Crippen LogP) is 3.52. The number of likely N-dealkylation sites (N-methyl/N-ethyl adjacent to an activating group) is 1. The van der Waals surface area contributed by atoms with Crippen molar-refractivity contribution < 1.29 is 4.79 Å². The lowest BCUT2D eigenvalue weighted by molar-refractivity contribution is -0.118. The van der Waals surface area contributed by atoms with Gasteiger partial charge in [0.1, 0.15) is 0 Å². The molecule has 3 aromatic rings. The third-order valence-electron chi connectivity index (χ3n) is 4.11. The highest BCUT2D eigenvalue weighted by Crippen LogP contribution is 2.20. The van der Waals surface area contributed by atoms with Crippen LogP contribution in [-0.4, -0.2) is 24.0 Å². The molecule has 0 saturated heterocycles. The van der Waals surface area contributed by atoms with E-state index in [4.69, 9.17) is 0 Å². The monoisotopic (exact) mass is 331 g/mol. The molecule has 0 saturated carbocycles. The normalized spacial score (nSPS) is 11.7. The minimum Gasteiger partial charge on any atom is -0.325 e. The Kier molecular flexibility index (Phi) is 5.54. The van der Waals surface area contributed by atoms with Gasteiger partial charge in [-0.25, -0.2) is 0 Å². The van der Waals surface area contributed by atoms with Crippen molar-refractivity contribution >= 4 is 11.6 Å². The van der Waals surface area contributed by atoms with Gasteiger partial charge in [-0.1, -0.05) is 42.5 Å². The van der Waals surface area contributed by atoms with Crippen LogP contribution in [0.15, 0.2) is 79.1 Å². The van der Waals surface area contributed by atoms with Gasteiger partial charge < -0.3 is 10.6 Å². The summed E-state index contributed by atoms with van der Waals surface area (Å²) in [5.41, 5.74) is 4.11. The summed E-state index contributed by atoms with van der Waals surface area (Å²) >= 11 is 0. The molecule has 2 aromatic carbocycles. The SMILES string of the molecule is CN[C@H](Cc1ccccc1)C(=O)Nc1ccc(-c2ccncc2)cc1. The van der Waals surface area contributed by atoms with Gasteiger partial charge in [-0.3, -0.25) is 9.78 Å². The molecule has 1 atom stereocenters. The summed E-state index contributed by atoms with van der Waals surface area (Å²) in [5.74, 6) is -0.0389. The van der Waals surface area contributed by atoms with Gasteiger partial charge in [0.15, 0.2) is 0 Å².